The Morgan fingerprint density at radius 2 is 1.70 bits per heavy atom. The highest BCUT2D eigenvalue weighted by molar-refractivity contribution is 5.89. The van der Waals surface area contributed by atoms with Crippen LogP contribution in [0.1, 0.15) is 23.5 Å². The quantitative estimate of drug-likeness (QED) is 0.599. The summed E-state index contributed by atoms with van der Waals surface area (Å²) in [6.45, 7) is 0.469. The first-order valence-corrected chi connectivity index (χ1v) is 9.84. The highest BCUT2D eigenvalue weighted by Crippen LogP contribution is 2.48. The van der Waals surface area contributed by atoms with Crippen molar-refractivity contribution in [2.45, 2.75) is 12.3 Å². The molecule has 0 aliphatic rings. The van der Waals surface area contributed by atoms with Crippen LogP contribution < -0.4 is 4.74 Å². The summed E-state index contributed by atoms with van der Waals surface area (Å²) >= 11 is 0. The fourth-order valence-corrected chi connectivity index (χ4v) is 4.05. The van der Waals surface area contributed by atoms with Crippen LogP contribution >= 0.6 is 0 Å². The van der Waals surface area contributed by atoms with Crippen LogP contribution in [0.15, 0.2) is 66.7 Å². The number of para-hydroxylation sites is 1. The summed E-state index contributed by atoms with van der Waals surface area (Å²) in [5.74, 6) is -1.26. The lowest BCUT2D eigenvalue weighted by molar-refractivity contribution is -0.146. The number of benzene rings is 3. The van der Waals surface area contributed by atoms with Crippen molar-refractivity contribution in [2.75, 3.05) is 27.7 Å². The van der Waals surface area contributed by atoms with Gasteiger partial charge in [-0.3, -0.25) is 4.79 Å². The van der Waals surface area contributed by atoms with E-state index >= 15 is 0 Å². The Kier molecular flexibility index (Phi) is 6.39. The molecule has 0 fully saturated rings. The van der Waals surface area contributed by atoms with Crippen LogP contribution in [0.25, 0.3) is 10.8 Å². The molecule has 0 aromatic heterocycles. The normalized spacial score (nSPS) is 14.1. The molecule has 30 heavy (non-hydrogen) atoms. The Morgan fingerprint density at radius 1 is 1.07 bits per heavy atom. The fraction of sp³-hybridized carbons (Fsp3) is 0.280. The van der Waals surface area contributed by atoms with Gasteiger partial charge in [-0.25, -0.2) is 0 Å². The second-order valence-electron chi connectivity index (χ2n) is 7.68. The first-order valence-electron chi connectivity index (χ1n) is 9.84. The van der Waals surface area contributed by atoms with Crippen molar-refractivity contribution in [3.8, 4) is 11.8 Å². The molecule has 0 spiro atoms. The van der Waals surface area contributed by atoms with Gasteiger partial charge in [0, 0.05) is 11.5 Å². The standard InChI is InChI=1S/C25H26N2O3/c1-27(2)16-15-25(17-26,24(28)29)23(21-12-6-7-14-22(21)30-3)20-13-8-10-18-9-4-5-11-19(18)20/h4-14,23H,15-16H2,1-3H3,(H,28,29)/t23?,25-/m1/s1. The number of rotatable bonds is 8. The van der Waals surface area contributed by atoms with Crippen LogP contribution in [0.3, 0.4) is 0 Å². The highest BCUT2D eigenvalue weighted by atomic mass is 16.5. The number of hydrogen-bond acceptors (Lipinski definition) is 4. The van der Waals surface area contributed by atoms with E-state index in [0.29, 0.717) is 17.9 Å². The molecule has 1 N–H and O–H groups in total. The van der Waals surface area contributed by atoms with Gasteiger partial charge in [-0.15, -0.1) is 0 Å². The van der Waals surface area contributed by atoms with Gasteiger partial charge >= 0.3 is 5.97 Å². The molecule has 3 rings (SSSR count). The van der Waals surface area contributed by atoms with Gasteiger partial charge < -0.3 is 14.7 Å². The maximum Gasteiger partial charge on any atom is 0.325 e. The number of nitrogens with zero attached hydrogens (tertiary/aromatic N) is 2. The molecule has 0 aliphatic carbocycles. The molecule has 0 aliphatic heterocycles. The average Bonchev–Trinajstić information content (AvgIpc) is 2.76. The number of carbonyl (C=O) groups is 1. The highest BCUT2D eigenvalue weighted by Gasteiger charge is 2.49. The number of methoxy groups -OCH3 is 1. The van der Waals surface area contributed by atoms with E-state index in [0.717, 1.165) is 16.3 Å². The van der Waals surface area contributed by atoms with Gasteiger partial charge in [0.15, 0.2) is 5.41 Å². The fourth-order valence-electron chi connectivity index (χ4n) is 4.05. The number of fused-ring (bicyclic) bond motifs is 1. The van der Waals surface area contributed by atoms with Gasteiger partial charge in [0.25, 0.3) is 0 Å². The lowest BCUT2D eigenvalue weighted by Crippen LogP contribution is -2.39. The van der Waals surface area contributed by atoms with Crippen LogP contribution in [-0.2, 0) is 4.79 Å². The molecule has 0 bridgehead atoms. The summed E-state index contributed by atoms with van der Waals surface area (Å²) in [4.78, 5) is 14.6. The number of ether oxygens (including phenoxy) is 1. The predicted molar refractivity (Wildman–Crippen MR) is 118 cm³/mol. The molecule has 0 saturated carbocycles. The van der Waals surface area contributed by atoms with Crippen LogP contribution in [0, 0.1) is 16.7 Å². The van der Waals surface area contributed by atoms with E-state index in [-0.39, 0.29) is 6.42 Å². The van der Waals surface area contributed by atoms with Crippen LogP contribution in [0.4, 0.5) is 0 Å². The molecular formula is C25H26N2O3. The lowest BCUT2D eigenvalue weighted by atomic mass is 9.66. The summed E-state index contributed by atoms with van der Waals surface area (Å²) in [6.07, 6.45) is 0.178. The summed E-state index contributed by atoms with van der Waals surface area (Å²) in [5, 5.41) is 22.6. The van der Waals surface area contributed by atoms with E-state index in [2.05, 4.69) is 6.07 Å². The lowest BCUT2D eigenvalue weighted by Gasteiger charge is -2.34. The third-order valence-corrected chi connectivity index (χ3v) is 5.61. The zero-order valence-corrected chi connectivity index (χ0v) is 17.5. The van der Waals surface area contributed by atoms with Gasteiger partial charge in [-0.2, -0.15) is 5.26 Å². The molecule has 0 amide bonds. The minimum atomic E-state index is -1.66. The SMILES string of the molecule is COc1ccccc1C(c1cccc2ccccc12)[C@](C#N)(CCN(C)C)C(=O)O. The van der Waals surface area contributed by atoms with E-state index in [1.165, 1.54) is 0 Å². The molecule has 0 radical (unpaired) electrons. The van der Waals surface area contributed by atoms with E-state index in [4.69, 9.17) is 4.74 Å². The molecule has 0 saturated heterocycles. The van der Waals surface area contributed by atoms with E-state index < -0.39 is 17.3 Å². The Morgan fingerprint density at radius 3 is 2.37 bits per heavy atom. The molecule has 0 heterocycles. The maximum atomic E-state index is 12.7. The third-order valence-electron chi connectivity index (χ3n) is 5.61. The van der Waals surface area contributed by atoms with Gasteiger partial charge in [0.05, 0.1) is 13.2 Å². The molecule has 5 nitrogen and oxygen atoms in total. The first-order chi connectivity index (χ1) is 14.4. The molecule has 3 aromatic carbocycles. The first kappa shape index (κ1) is 21.4. The number of nitriles is 1. The number of carboxylic acid groups (broad SMARTS) is 1. The van der Waals surface area contributed by atoms with Crippen molar-refractivity contribution in [3.63, 3.8) is 0 Å². The van der Waals surface area contributed by atoms with Gasteiger partial charge in [0.1, 0.15) is 5.75 Å². The number of aliphatic carboxylic acids is 1. The minimum absolute atomic E-state index is 0.178. The molecule has 2 atom stereocenters. The minimum Gasteiger partial charge on any atom is -0.496 e. The third kappa shape index (κ3) is 3.87. The van der Waals surface area contributed by atoms with Crippen LogP contribution in [-0.4, -0.2) is 43.7 Å². The maximum absolute atomic E-state index is 12.7. The summed E-state index contributed by atoms with van der Waals surface area (Å²) in [7, 11) is 5.31. The molecule has 154 valence electrons. The van der Waals surface area contributed by atoms with Gasteiger partial charge in [-0.1, -0.05) is 60.7 Å². The molecule has 1 unspecified atom stereocenters. The zero-order chi connectivity index (χ0) is 21.7. The Labute approximate surface area is 177 Å². The van der Waals surface area contributed by atoms with E-state index in [1.54, 1.807) is 7.11 Å². The smallest absolute Gasteiger partial charge is 0.325 e. The number of carboxylic acids is 1. The van der Waals surface area contributed by atoms with Crippen molar-refractivity contribution in [3.05, 3.63) is 77.9 Å². The topological polar surface area (TPSA) is 73.6 Å². The summed E-state index contributed by atoms with van der Waals surface area (Å²) in [5.41, 5.74) is -0.164. The second kappa shape index (κ2) is 8.98. The molecule has 3 aromatic rings. The summed E-state index contributed by atoms with van der Waals surface area (Å²) in [6, 6.07) is 23.2. The number of hydrogen-bond donors (Lipinski definition) is 1. The van der Waals surface area contributed by atoms with Crippen LogP contribution in [0.5, 0.6) is 5.75 Å². The second-order valence-corrected chi connectivity index (χ2v) is 7.68. The predicted octanol–water partition coefficient (Wildman–Crippen LogP) is 4.53. The largest absolute Gasteiger partial charge is 0.496 e. The van der Waals surface area contributed by atoms with Crippen molar-refractivity contribution >= 4 is 16.7 Å². The molecular weight excluding hydrogens is 376 g/mol. The Bertz CT molecular complexity index is 1080. The van der Waals surface area contributed by atoms with Gasteiger partial charge in [-0.05, 0) is 49.5 Å². The Balaban J connectivity index is 2.37. The van der Waals surface area contributed by atoms with Crippen LogP contribution in [0.2, 0.25) is 0 Å². The summed E-state index contributed by atoms with van der Waals surface area (Å²) < 4.78 is 5.59. The van der Waals surface area contributed by atoms with Crippen molar-refractivity contribution in [2.24, 2.45) is 5.41 Å². The van der Waals surface area contributed by atoms with Crippen molar-refractivity contribution in [1.82, 2.24) is 4.90 Å². The Hall–Kier alpha value is -3.36. The van der Waals surface area contributed by atoms with E-state index in [1.807, 2.05) is 85.7 Å². The average molecular weight is 402 g/mol. The van der Waals surface area contributed by atoms with Crippen molar-refractivity contribution < 1.29 is 14.6 Å². The van der Waals surface area contributed by atoms with Gasteiger partial charge in [0.2, 0.25) is 0 Å². The van der Waals surface area contributed by atoms with E-state index in [9.17, 15) is 15.2 Å². The molecule has 5 heteroatoms. The zero-order valence-electron chi connectivity index (χ0n) is 17.5. The van der Waals surface area contributed by atoms with Crippen molar-refractivity contribution in [1.29, 1.82) is 5.26 Å². The monoisotopic (exact) mass is 402 g/mol.